The van der Waals surface area contributed by atoms with Crippen LogP contribution in [-0.4, -0.2) is 47.0 Å². The van der Waals surface area contributed by atoms with Crippen molar-refractivity contribution in [3.8, 4) is 0 Å². The Morgan fingerprint density at radius 3 is 2.68 bits per heavy atom. The molecule has 1 aliphatic rings. The van der Waals surface area contributed by atoms with Gasteiger partial charge in [-0.15, -0.1) is 0 Å². The van der Waals surface area contributed by atoms with E-state index in [1.54, 1.807) is 35.4 Å². The highest BCUT2D eigenvalue weighted by molar-refractivity contribution is 5.93. The van der Waals surface area contributed by atoms with Gasteiger partial charge in [-0.25, -0.2) is 9.78 Å². The van der Waals surface area contributed by atoms with E-state index in [2.05, 4.69) is 15.6 Å². The molecular formula is C28H33N5O4. The molecule has 1 aliphatic heterocycles. The van der Waals surface area contributed by atoms with E-state index in [9.17, 15) is 14.4 Å². The lowest BCUT2D eigenvalue weighted by Gasteiger charge is -2.29. The number of nitrogens with one attached hydrogen (secondary N) is 2. The van der Waals surface area contributed by atoms with E-state index < -0.39 is 18.2 Å². The second-order valence-electron chi connectivity index (χ2n) is 9.64. The van der Waals surface area contributed by atoms with E-state index in [1.165, 1.54) is 0 Å². The number of nitrogens with zero attached hydrogens (tertiary/aromatic N) is 2. The van der Waals surface area contributed by atoms with Gasteiger partial charge in [0.15, 0.2) is 0 Å². The van der Waals surface area contributed by atoms with E-state index in [0.29, 0.717) is 37.3 Å². The number of carbonyl (C=O) groups is 3. The number of aromatic nitrogens is 1. The van der Waals surface area contributed by atoms with Crippen LogP contribution in [0.2, 0.25) is 0 Å². The van der Waals surface area contributed by atoms with Crippen molar-refractivity contribution in [3.63, 3.8) is 0 Å². The monoisotopic (exact) mass is 503 g/mol. The number of alkyl carbamates (subject to hydrolysis) is 1. The molecule has 0 aliphatic carbocycles. The van der Waals surface area contributed by atoms with Gasteiger partial charge in [-0.05, 0) is 47.4 Å². The molecule has 3 aromatic rings. The summed E-state index contributed by atoms with van der Waals surface area (Å²) in [5.74, 6) is 0.0659. The van der Waals surface area contributed by atoms with Gasteiger partial charge in [-0.3, -0.25) is 9.59 Å². The Bertz CT molecular complexity index is 1260. The summed E-state index contributed by atoms with van der Waals surface area (Å²) in [5.41, 5.74) is 7.47. The number of carbonyl (C=O) groups excluding carboxylic acids is 3. The molecule has 2 aromatic carbocycles. The van der Waals surface area contributed by atoms with Crippen molar-refractivity contribution in [2.24, 2.45) is 5.92 Å². The molecule has 1 unspecified atom stereocenters. The first-order valence-corrected chi connectivity index (χ1v) is 12.5. The molecule has 1 saturated heterocycles. The van der Waals surface area contributed by atoms with E-state index in [-0.39, 0.29) is 24.3 Å². The topological polar surface area (TPSA) is 127 Å². The fraction of sp³-hybridized carbons (Fsp3) is 0.357. The Balaban J connectivity index is 1.45. The van der Waals surface area contributed by atoms with Crippen LogP contribution in [0.25, 0.3) is 10.8 Å². The number of fused-ring (bicyclic) bond motifs is 1. The molecule has 9 nitrogen and oxygen atoms in total. The third-order valence-electron chi connectivity index (χ3n) is 6.35. The van der Waals surface area contributed by atoms with Crippen molar-refractivity contribution < 1.29 is 19.1 Å². The minimum absolute atomic E-state index is 0.167. The van der Waals surface area contributed by atoms with E-state index in [0.717, 1.165) is 16.3 Å². The lowest BCUT2D eigenvalue weighted by Crippen LogP contribution is -2.50. The Morgan fingerprint density at radius 1 is 1.14 bits per heavy atom. The van der Waals surface area contributed by atoms with Gasteiger partial charge in [0.2, 0.25) is 5.91 Å². The predicted molar refractivity (Wildman–Crippen MR) is 141 cm³/mol. The number of hydrogen-bond acceptors (Lipinski definition) is 6. The van der Waals surface area contributed by atoms with Crippen LogP contribution in [0.4, 0.5) is 10.6 Å². The molecule has 2 atom stereocenters. The molecule has 194 valence electrons. The smallest absolute Gasteiger partial charge is 0.408 e. The standard InChI is InChI=1S/C28H33N5O4/c1-18(2)17-37-28(36)32-24(20-7-4-3-5-8-20)27(35)33-14-6-9-23(33)26(34)31-16-19-10-11-22-21(15-19)12-13-30-25(22)29/h3-5,7-8,10-13,15,18,23-24H,6,9,14,16-17H2,1-2H3,(H2,29,30)(H,31,34)(H,32,36)/t23?,24-/m1/s1. The van der Waals surface area contributed by atoms with Gasteiger partial charge in [-0.1, -0.05) is 56.3 Å². The van der Waals surface area contributed by atoms with Crippen LogP contribution >= 0.6 is 0 Å². The van der Waals surface area contributed by atoms with E-state index in [4.69, 9.17) is 10.5 Å². The van der Waals surface area contributed by atoms with E-state index >= 15 is 0 Å². The molecule has 1 fully saturated rings. The number of rotatable bonds is 8. The molecule has 2 heterocycles. The number of pyridine rings is 1. The molecule has 1 aromatic heterocycles. The highest BCUT2D eigenvalue weighted by Crippen LogP contribution is 2.25. The van der Waals surface area contributed by atoms with Gasteiger partial charge >= 0.3 is 6.09 Å². The second-order valence-corrected chi connectivity index (χ2v) is 9.64. The largest absolute Gasteiger partial charge is 0.449 e. The highest BCUT2D eigenvalue weighted by Gasteiger charge is 2.38. The first kappa shape index (κ1) is 25.9. The Hall–Kier alpha value is -4.14. The van der Waals surface area contributed by atoms with Gasteiger partial charge < -0.3 is 26.0 Å². The molecular weight excluding hydrogens is 470 g/mol. The van der Waals surface area contributed by atoms with Crippen LogP contribution in [0.5, 0.6) is 0 Å². The predicted octanol–water partition coefficient (Wildman–Crippen LogP) is 3.55. The summed E-state index contributed by atoms with van der Waals surface area (Å²) in [6.45, 7) is 4.87. The van der Waals surface area contributed by atoms with Gasteiger partial charge in [0.05, 0.1) is 6.61 Å². The van der Waals surface area contributed by atoms with Crippen molar-refractivity contribution in [1.82, 2.24) is 20.5 Å². The maximum Gasteiger partial charge on any atom is 0.408 e. The lowest BCUT2D eigenvalue weighted by atomic mass is 10.0. The van der Waals surface area contributed by atoms with Crippen molar-refractivity contribution in [2.45, 2.75) is 45.3 Å². The number of nitrogens with two attached hydrogens (primary N) is 1. The summed E-state index contributed by atoms with van der Waals surface area (Å²) >= 11 is 0. The lowest BCUT2D eigenvalue weighted by molar-refractivity contribution is -0.140. The Morgan fingerprint density at radius 2 is 1.92 bits per heavy atom. The van der Waals surface area contributed by atoms with Crippen molar-refractivity contribution in [3.05, 3.63) is 71.9 Å². The van der Waals surface area contributed by atoms with Gasteiger partial charge in [-0.2, -0.15) is 0 Å². The molecule has 0 spiro atoms. The first-order chi connectivity index (χ1) is 17.8. The molecule has 0 radical (unpaired) electrons. The first-order valence-electron chi connectivity index (χ1n) is 12.5. The quantitative estimate of drug-likeness (QED) is 0.432. The minimum Gasteiger partial charge on any atom is -0.449 e. The number of anilines is 1. The van der Waals surface area contributed by atoms with Crippen LogP contribution in [0.3, 0.4) is 0 Å². The van der Waals surface area contributed by atoms with Crippen LogP contribution in [0.1, 0.15) is 43.9 Å². The average Bonchev–Trinajstić information content (AvgIpc) is 3.39. The van der Waals surface area contributed by atoms with Crippen molar-refractivity contribution in [1.29, 1.82) is 0 Å². The fourth-order valence-electron chi connectivity index (χ4n) is 4.47. The third kappa shape index (κ3) is 6.35. The second kappa shape index (κ2) is 11.7. The zero-order valence-electron chi connectivity index (χ0n) is 21.1. The van der Waals surface area contributed by atoms with Gasteiger partial charge in [0.1, 0.15) is 17.9 Å². The third-order valence-corrected chi connectivity index (χ3v) is 6.35. The van der Waals surface area contributed by atoms with Gasteiger partial charge in [0.25, 0.3) is 5.91 Å². The zero-order chi connectivity index (χ0) is 26.4. The van der Waals surface area contributed by atoms with Crippen LogP contribution in [-0.2, 0) is 20.9 Å². The Labute approximate surface area is 216 Å². The summed E-state index contributed by atoms with van der Waals surface area (Å²) in [6, 6.07) is 15.1. The summed E-state index contributed by atoms with van der Waals surface area (Å²) in [6.07, 6.45) is 2.24. The van der Waals surface area contributed by atoms with Crippen LogP contribution in [0, 0.1) is 5.92 Å². The average molecular weight is 504 g/mol. The number of amides is 3. The maximum absolute atomic E-state index is 13.6. The van der Waals surface area contributed by atoms with Gasteiger partial charge in [0, 0.05) is 24.7 Å². The molecule has 4 N–H and O–H groups in total. The maximum atomic E-state index is 13.6. The fourth-order valence-corrected chi connectivity index (χ4v) is 4.47. The Kier molecular flexibility index (Phi) is 8.22. The summed E-state index contributed by atoms with van der Waals surface area (Å²) in [5, 5.41) is 7.47. The highest BCUT2D eigenvalue weighted by atomic mass is 16.5. The molecule has 37 heavy (non-hydrogen) atoms. The van der Waals surface area contributed by atoms with E-state index in [1.807, 2.05) is 44.2 Å². The minimum atomic E-state index is -0.950. The van der Waals surface area contributed by atoms with Crippen molar-refractivity contribution >= 4 is 34.5 Å². The van der Waals surface area contributed by atoms with Crippen LogP contribution in [0.15, 0.2) is 60.8 Å². The molecule has 9 heteroatoms. The number of likely N-dealkylation sites (tertiary alicyclic amines) is 1. The number of benzene rings is 2. The SMILES string of the molecule is CC(C)COC(=O)N[C@@H](C(=O)N1CCCC1C(=O)NCc1ccc2c(N)nccc2c1)c1ccccc1. The van der Waals surface area contributed by atoms with Crippen molar-refractivity contribution in [2.75, 3.05) is 18.9 Å². The number of nitrogen functional groups attached to an aromatic ring is 1. The number of ether oxygens (including phenoxy) is 1. The van der Waals surface area contributed by atoms with Crippen LogP contribution < -0.4 is 16.4 Å². The molecule has 3 amide bonds. The summed E-state index contributed by atoms with van der Waals surface area (Å²) in [4.78, 5) is 44.9. The molecule has 4 rings (SSSR count). The number of hydrogen-bond donors (Lipinski definition) is 3. The molecule has 0 bridgehead atoms. The summed E-state index contributed by atoms with van der Waals surface area (Å²) in [7, 11) is 0. The zero-order valence-corrected chi connectivity index (χ0v) is 21.1. The normalized spacial score (nSPS) is 16.0. The molecule has 0 saturated carbocycles. The summed E-state index contributed by atoms with van der Waals surface area (Å²) < 4.78 is 5.26.